The molecule has 0 amide bonds. The van der Waals surface area contributed by atoms with Gasteiger partial charge in [-0.15, -0.1) is 0 Å². The fraction of sp³-hybridized carbons (Fsp3) is 0.529. The Kier molecular flexibility index (Phi) is 6.43. The molecule has 3 rings (SSSR count). The number of halogens is 2. The van der Waals surface area contributed by atoms with Gasteiger partial charge in [-0.3, -0.25) is 4.90 Å². The predicted octanol–water partition coefficient (Wildman–Crippen LogP) is 3.08. The third-order valence-corrected chi connectivity index (χ3v) is 7.20. The van der Waals surface area contributed by atoms with E-state index in [4.69, 9.17) is 27.7 Å². The van der Waals surface area contributed by atoms with Gasteiger partial charge in [-0.2, -0.15) is 9.29 Å². The molecule has 0 atom stereocenters. The third-order valence-electron chi connectivity index (χ3n) is 4.32. The summed E-state index contributed by atoms with van der Waals surface area (Å²) in [4.78, 5) is 6.55. The van der Waals surface area contributed by atoms with Gasteiger partial charge in [0, 0.05) is 32.6 Å². The van der Waals surface area contributed by atoms with Crippen molar-refractivity contribution in [2.24, 2.45) is 5.92 Å². The summed E-state index contributed by atoms with van der Waals surface area (Å²) >= 11 is 12.1. The van der Waals surface area contributed by atoms with Crippen LogP contribution in [0.2, 0.25) is 10.0 Å². The van der Waals surface area contributed by atoms with Gasteiger partial charge in [0.25, 0.3) is 0 Å². The van der Waals surface area contributed by atoms with E-state index in [-0.39, 0.29) is 14.9 Å². The molecule has 148 valence electrons. The summed E-state index contributed by atoms with van der Waals surface area (Å²) in [7, 11) is -3.68. The molecule has 0 radical (unpaired) electrons. The van der Waals surface area contributed by atoms with Crippen LogP contribution in [0.3, 0.4) is 0 Å². The Labute approximate surface area is 169 Å². The van der Waals surface area contributed by atoms with Crippen LogP contribution < -0.4 is 0 Å². The number of piperazine rings is 1. The molecule has 1 aromatic heterocycles. The summed E-state index contributed by atoms with van der Waals surface area (Å²) in [6.07, 6.45) is 0.749. The van der Waals surface area contributed by atoms with E-state index >= 15 is 0 Å². The molecule has 0 saturated carbocycles. The highest BCUT2D eigenvalue weighted by Crippen LogP contribution is 2.31. The van der Waals surface area contributed by atoms with Crippen molar-refractivity contribution in [2.75, 3.05) is 26.2 Å². The fourth-order valence-corrected chi connectivity index (χ4v) is 5.10. The number of hydrogen-bond donors (Lipinski definition) is 0. The Hall–Kier alpha value is -1.19. The minimum absolute atomic E-state index is 0.0432. The van der Waals surface area contributed by atoms with E-state index in [0.29, 0.717) is 50.4 Å². The van der Waals surface area contributed by atoms with E-state index in [2.05, 4.69) is 28.9 Å². The largest absolute Gasteiger partial charge is 0.339 e. The summed E-state index contributed by atoms with van der Waals surface area (Å²) in [6.45, 7) is 6.60. The van der Waals surface area contributed by atoms with Crippen LogP contribution in [0, 0.1) is 5.92 Å². The van der Waals surface area contributed by atoms with Gasteiger partial charge in [-0.1, -0.05) is 48.3 Å². The number of sulfonamides is 1. The molecular formula is C17H22Cl2N4O3S. The highest BCUT2D eigenvalue weighted by Gasteiger charge is 2.31. The van der Waals surface area contributed by atoms with Crippen molar-refractivity contribution in [3.63, 3.8) is 0 Å². The zero-order chi connectivity index (χ0) is 19.6. The van der Waals surface area contributed by atoms with Crippen LogP contribution in [0.5, 0.6) is 0 Å². The molecule has 0 bridgehead atoms. The van der Waals surface area contributed by atoms with Gasteiger partial charge < -0.3 is 4.52 Å². The number of aromatic nitrogens is 2. The normalized spacial score (nSPS) is 16.9. The number of nitrogens with zero attached hydrogens (tertiary/aromatic N) is 4. The molecule has 0 N–H and O–H groups in total. The van der Waals surface area contributed by atoms with E-state index in [1.54, 1.807) is 12.1 Å². The molecule has 10 heteroatoms. The second-order valence-electron chi connectivity index (χ2n) is 6.93. The first kappa shape index (κ1) is 20.5. The lowest BCUT2D eigenvalue weighted by atomic mass is 10.1. The number of benzene rings is 1. The maximum Gasteiger partial charge on any atom is 0.244 e. The van der Waals surface area contributed by atoms with Gasteiger partial charge in [0.2, 0.25) is 15.9 Å². The second-order valence-corrected chi connectivity index (χ2v) is 9.63. The topological polar surface area (TPSA) is 79.5 Å². The average Bonchev–Trinajstić information content (AvgIpc) is 3.03. The van der Waals surface area contributed by atoms with Gasteiger partial charge in [0.05, 0.1) is 16.6 Å². The molecule has 0 aliphatic carbocycles. The molecule has 1 fully saturated rings. The molecule has 1 aliphatic heterocycles. The molecule has 0 unspecified atom stereocenters. The van der Waals surface area contributed by atoms with Crippen LogP contribution in [-0.4, -0.2) is 53.9 Å². The van der Waals surface area contributed by atoms with Crippen molar-refractivity contribution in [2.45, 2.75) is 31.7 Å². The van der Waals surface area contributed by atoms with Crippen LogP contribution in [-0.2, 0) is 23.0 Å². The highest BCUT2D eigenvalue weighted by molar-refractivity contribution is 7.89. The van der Waals surface area contributed by atoms with Crippen LogP contribution in [0.15, 0.2) is 27.6 Å². The monoisotopic (exact) mass is 432 g/mol. The van der Waals surface area contributed by atoms with E-state index in [9.17, 15) is 8.42 Å². The van der Waals surface area contributed by atoms with Crippen LogP contribution in [0.1, 0.15) is 25.6 Å². The minimum Gasteiger partial charge on any atom is -0.339 e. The SMILES string of the molecule is CC(C)Cc1nc(CN2CCN(S(=O)(=O)c3cccc(Cl)c3Cl)CC2)no1. The van der Waals surface area contributed by atoms with E-state index < -0.39 is 10.0 Å². The van der Waals surface area contributed by atoms with Gasteiger partial charge >= 0.3 is 0 Å². The molecule has 1 aliphatic rings. The number of hydrogen-bond acceptors (Lipinski definition) is 6. The molecule has 0 spiro atoms. The zero-order valence-corrected chi connectivity index (χ0v) is 17.6. The molecule has 7 nitrogen and oxygen atoms in total. The van der Waals surface area contributed by atoms with Crippen LogP contribution in [0.4, 0.5) is 0 Å². The first-order chi connectivity index (χ1) is 12.8. The smallest absolute Gasteiger partial charge is 0.244 e. The fourth-order valence-electron chi connectivity index (χ4n) is 2.94. The second kappa shape index (κ2) is 8.45. The van der Waals surface area contributed by atoms with Gasteiger partial charge in [0.15, 0.2) is 5.82 Å². The van der Waals surface area contributed by atoms with Gasteiger partial charge in [0.1, 0.15) is 4.90 Å². The summed E-state index contributed by atoms with van der Waals surface area (Å²) in [5.74, 6) is 1.71. The first-order valence-electron chi connectivity index (χ1n) is 8.75. The lowest BCUT2D eigenvalue weighted by molar-refractivity contribution is 0.176. The van der Waals surface area contributed by atoms with Crippen molar-refractivity contribution in [3.8, 4) is 0 Å². The number of rotatable bonds is 6. The third kappa shape index (κ3) is 4.81. The minimum atomic E-state index is -3.68. The lowest BCUT2D eigenvalue weighted by Crippen LogP contribution is -2.48. The van der Waals surface area contributed by atoms with Crippen LogP contribution in [0.25, 0.3) is 0 Å². The molecule has 2 aromatic rings. The Balaban J connectivity index is 1.61. The standard InChI is InChI=1S/C17H22Cl2N4O3S/c1-12(2)10-16-20-15(21-26-16)11-22-6-8-23(9-7-22)27(24,25)14-5-3-4-13(18)17(14)19/h3-5,12H,6-11H2,1-2H3. The van der Waals surface area contributed by atoms with Crippen molar-refractivity contribution < 1.29 is 12.9 Å². The maximum atomic E-state index is 12.9. The van der Waals surface area contributed by atoms with Crippen LogP contribution >= 0.6 is 23.2 Å². The molecular weight excluding hydrogens is 411 g/mol. The van der Waals surface area contributed by atoms with Crippen molar-refractivity contribution in [3.05, 3.63) is 40.0 Å². The predicted molar refractivity (Wildman–Crippen MR) is 103 cm³/mol. The van der Waals surface area contributed by atoms with Crippen molar-refractivity contribution in [1.82, 2.24) is 19.3 Å². The molecule has 27 heavy (non-hydrogen) atoms. The summed E-state index contributed by atoms with van der Waals surface area (Å²) in [6, 6.07) is 4.63. The summed E-state index contributed by atoms with van der Waals surface area (Å²) in [5.41, 5.74) is 0. The Morgan fingerprint density at radius 1 is 1.19 bits per heavy atom. The average molecular weight is 433 g/mol. The molecule has 1 aromatic carbocycles. The maximum absolute atomic E-state index is 12.9. The van der Waals surface area contributed by atoms with E-state index in [0.717, 1.165) is 6.42 Å². The van der Waals surface area contributed by atoms with E-state index in [1.165, 1.54) is 10.4 Å². The Morgan fingerprint density at radius 2 is 1.89 bits per heavy atom. The Morgan fingerprint density at radius 3 is 2.56 bits per heavy atom. The summed E-state index contributed by atoms with van der Waals surface area (Å²) in [5, 5.41) is 4.30. The first-order valence-corrected chi connectivity index (χ1v) is 10.9. The van der Waals surface area contributed by atoms with Gasteiger partial charge in [-0.25, -0.2) is 8.42 Å². The zero-order valence-electron chi connectivity index (χ0n) is 15.2. The van der Waals surface area contributed by atoms with E-state index in [1.807, 2.05) is 0 Å². The summed E-state index contributed by atoms with van der Waals surface area (Å²) < 4.78 is 32.4. The van der Waals surface area contributed by atoms with Crippen molar-refractivity contribution >= 4 is 33.2 Å². The Bertz CT molecular complexity index is 893. The quantitative estimate of drug-likeness (QED) is 0.697. The van der Waals surface area contributed by atoms with Crippen molar-refractivity contribution in [1.29, 1.82) is 0 Å². The molecule has 2 heterocycles. The lowest BCUT2D eigenvalue weighted by Gasteiger charge is -2.33. The highest BCUT2D eigenvalue weighted by atomic mass is 35.5. The van der Waals surface area contributed by atoms with Gasteiger partial charge in [-0.05, 0) is 18.1 Å². The molecule has 1 saturated heterocycles.